The van der Waals surface area contributed by atoms with Crippen molar-refractivity contribution in [2.75, 3.05) is 187 Å². The number of nitrogens with one attached hydrogen (secondary N) is 1. The van der Waals surface area contributed by atoms with Crippen molar-refractivity contribution in [3.05, 3.63) is 120 Å². The number of rotatable bonds is 42. The lowest BCUT2D eigenvalue weighted by Gasteiger charge is -2.14. The standard InChI is InChI=1S/C66H81N5O16/c1-72-15-19-76-23-27-80-31-35-84-55-39-51(40-56(45-55)85-36-32-81-28-24-77-20-16-73-2)65-59-11-9-53(69-59)47-67-63-43-49-7-5-6-8-50(49)44-64(63)68-48-54-10-12-60(70-54)66(62-14-13-61(65)71-62)52-41-57(86-37-33-82-29-25-78-21-17-74-3)46-58(42-52)87-38-34-83-30-26-79-22-18-75-4/h5-14,39-48,71H,15-38H2,1-4H3. The van der Waals surface area contributed by atoms with Crippen LogP contribution >= 0.6 is 0 Å². The molecule has 21 nitrogen and oxygen atoms in total. The Kier molecular flexibility index (Phi) is 28.8. The third-order valence-electron chi connectivity index (χ3n) is 13.1. The van der Waals surface area contributed by atoms with Crippen LogP contribution in [0.2, 0.25) is 0 Å². The van der Waals surface area contributed by atoms with Crippen LogP contribution in [0.5, 0.6) is 23.0 Å². The third kappa shape index (κ3) is 22.2. The van der Waals surface area contributed by atoms with Crippen molar-refractivity contribution in [1.29, 1.82) is 0 Å². The molecule has 0 spiro atoms. The molecular formula is C66H81N5O16. The fourth-order valence-corrected chi connectivity index (χ4v) is 8.94. The number of aromatic amines is 1. The zero-order valence-corrected chi connectivity index (χ0v) is 50.3. The predicted molar refractivity (Wildman–Crippen MR) is 333 cm³/mol. The fourth-order valence-electron chi connectivity index (χ4n) is 8.94. The Morgan fingerprint density at radius 3 is 0.931 bits per heavy atom. The monoisotopic (exact) mass is 1200 g/mol. The van der Waals surface area contributed by atoms with Crippen LogP contribution in [0.25, 0.3) is 79.4 Å². The molecule has 0 radical (unpaired) electrons. The zero-order chi connectivity index (χ0) is 60.4. The van der Waals surface area contributed by atoms with E-state index in [0.29, 0.717) is 189 Å². The molecule has 466 valence electrons. The van der Waals surface area contributed by atoms with Crippen LogP contribution in [0.1, 0.15) is 22.8 Å². The first-order valence-electron chi connectivity index (χ1n) is 29.2. The van der Waals surface area contributed by atoms with Crippen molar-refractivity contribution >= 4 is 57.1 Å². The zero-order valence-electron chi connectivity index (χ0n) is 50.3. The summed E-state index contributed by atoms with van der Waals surface area (Å²) in [5.41, 5.74) is 8.45. The van der Waals surface area contributed by atoms with Gasteiger partial charge >= 0.3 is 0 Å². The highest BCUT2D eigenvalue weighted by atomic mass is 16.6. The topological polar surface area (TPSA) is 215 Å². The predicted octanol–water partition coefficient (Wildman–Crippen LogP) is 9.40. The summed E-state index contributed by atoms with van der Waals surface area (Å²) in [6.07, 6.45) is 11.4. The van der Waals surface area contributed by atoms with Gasteiger partial charge in [0.25, 0.3) is 0 Å². The Hall–Kier alpha value is -7.22. The van der Waals surface area contributed by atoms with Gasteiger partial charge in [-0.3, -0.25) is 9.97 Å². The van der Waals surface area contributed by atoms with Crippen molar-refractivity contribution < 1.29 is 75.8 Å². The molecule has 0 amide bonds. The average molecular weight is 1200 g/mol. The van der Waals surface area contributed by atoms with Gasteiger partial charge in [0.05, 0.1) is 178 Å². The Bertz CT molecular complexity index is 3010. The first-order valence-corrected chi connectivity index (χ1v) is 29.2. The van der Waals surface area contributed by atoms with Crippen molar-refractivity contribution in [2.45, 2.75) is 0 Å². The Morgan fingerprint density at radius 1 is 0.322 bits per heavy atom. The molecule has 0 saturated heterocycles. The van der Waals surface area contributed by atoms with Gasteiger partial charge in [0.1, 0.15) is 49.4 Å². The summed E-state index contributed by atoms with van der Waals surface area (Å²) in [6.45, 7) is 9.77. The van der Waals surface area contributed by atoms with Crippen LogP contribution in [0, 0.1) is 0 Å². The van der Waals surface area contributed by atoms with E-state index in [2.05, 4.69) is 17.1 Å². The average Bonchev–Trinajstić information content (AvgIpc) is 3.31. The lowest BCUT2D eigenvalue weighted by molar-refractivity contribution is 0.0174. The molecule has 6 aromatic rings. The van der Waals surface area contributed by atoms with Crippen LogP contribution in [-0.4, -0.2) is 212 Å². The molecule has 87 heavy (non-hydrogen) atoms. The van der Waals surface area contributed by atoms with E-state index in [1.807, 2.05) is 97.1 Å². The van der Waals surface area contributed by atoms with Gasteiger partial charge in [0.15, 0.2) is 0 Å². The lowest BCUT2D eigenvalue weighted by Crippen LogP contribution is -2.13. The summed E-state index contributed by atoms with van der Waals surface area (Å²) in [4.78, 5) is 24.3. The highest BCUT2D eigenvalue weighted by Gasteiger charge is 2.18. The number of benzene rings is 4. The third-order valence-corrected chi connectivity index (χ3v) is 13.1. The normalized spacial score (nSPS) is 11.9. The van der Waals surface area contributed by atoms with Gasteiger partial charge in [-0.05, 0) is 94.7 Å². The second-order valence-corrected chi connectivity index (χ2v) is 19.4. The second-order valence-electron chi connectivity index (χ2n) is 19.4. The number of hydrogen-bond donors (Lipinski definition) is 1. The van der Waals surface area contributed by atoms with E-state index in [0.717, 1.165) is 44.1 Å². The minimum atomic E-state index is 0.265. The largest absolute Gasteiger partial charge is 0.491 e. The molecule has 1 N–H and O–H groups in total. The first kappa shape index (κ1) is 65.7. The van der Waals surface area contributed by atoms with E-state index in [1.54, 1.807) is 40.8 Å². The van der Waals surface area contributed by atoms with E-state index < -0.39 is 0 Å². The molecule has 0 unspecified atom stereocenters. The van der Waals surface area contributed by atoms with E-state index in [9.17, 15) is 0 Å². The Labute approximate surface area is 508 Å². The highest BCUT2D eigenvalue weighted by Crippen LogP contribution is 2.39. The van der Waals surface area contributed by atoms with Gasteiger partial charge in [0, 0.05) is 62.7 Å². The minimum Gasteiger partial charge on any atom is -0.491 e. The summed E-state index contributed by atoms with van der Waals surface area (Å²) in [5, 5.41) is 2.05. The fraction of sp³-hybridized carbons (Fsp3) is 0.424. The van der Waals surface area contributed by atoms with Gasteiger partial charge in [-0.25, -0.2) is 9.97 Å². The van der Waals surface area contributed by atoms with Crippen LogP contribution < -0.4 is 18.9 Å². The molecule has 4 aromatic carbocycles. The minimum absolute atomic E-state index is 0.265. The molecular weight excluding hydrogens is 1120 g/mol. The molecule has 2 aromatic heterocycles. The number of ether oxygens (including phenoxy) is 16. The number of hydrogen-bond acceptors (Lipinski definition) is 20. The quantitative estimate of drug-likeness (QED) is 0.0353. The van der Waals surface area contributed by atoms with E-state index >= 15 is 0 Å². The van der Waals surface area contributed by atoms with Crippen molar-refractivity contribution in [2.24, 2.45) is 0 Å². The summed E-state index contributed by atoms with van der Waals surface area (Å²) in [6, 6.07) is 27.9. The van der Waals surface area contributed by atoms with E-state index in [1.165, 1.54) is 0 Å². The maximum absolute atomic E-state index is 6.43. The molecule has 0 aliphatic carbocycles. The number of nitrogens with zero attached hydrogens (tertiary/aromatic N) is 4. The number of aromatic nitrogens is 5. The SMILES string of the molecule is COCCOCCOCCOc1cc(OCCOCCOCCOC)cc(-c2c3nc(cnc4cc5ccccc5cc4ncc4nc(c(-c5cc(OCCOCCOCCOC)cc(OCCOCCOCCOC)c5)c5ccc2[nH]5)C=C4)C=C3)c1. The van der Waals surface area contributed by atoms with Crippen LogP contribution in [0.4, 0.5) is 0 Å². The summed E-state index contributed by atoms with van der Waals surface area (Å²) >= 11 is 0. The molecule has 2 aliphatic rings. The van der Waals surface area contributed by atoms with Crippen molar-refractivity contribution in [3.8, 4) is 45.3 Å². The van der Waals surface area contributed by atoms with Crippen molar-refractivity contribution in [3.63, 3.8) is 0 Å². The summed E-state index contributed by atoms with van der Waals surface area (Å²) in [5.74, 6) is 2.23. The highest BCUT2D eigenvalue weighted by molar-refractivity contribution is 5.97. The molecule has 0 atom stereocenters. The first-order chi connectivity index (χ1) is 43.0. The molecule has 0 saturated carbocycles. The van der Waals surface area contributed by atoms with E-state index in [-0.39, 0.29) is 26.4 Å². The van der Waals surface area contributed by atoms with Crippen LogP contribution in [0.3, 0.4) is 0 Å². The molecule has 6 bridgehead atoms. The second kappa shape index (κ2) is 38.1. The van der Waals surface area contributed by atoms with Gasteiger partial charge in [-0.2, -0.15) is 0 Å². The van der Waals surface area contributed by atoms with Gasteiger partial charge in [0.2, 0.25) is 0 Å². The number of fused-ring (bicyclic) bond motifs is 8. The Morgan fingerprint density at radius 2 is 0.621 bits per heavy atom. The van der Waals surface area contributed by atoms with Gasteiger partial charge in [-0.1, -0.05) is 24.3 Å². The maximum Gasteiger partial charge on any atom is 0.123 e. The number of methoxy groups -OCH3 is 4. The number of H-pyrrole nitrogens is 1. The Balaban J connectivity index is 1.22. The van der Waals surface area contributed by atoms with E-state index in [4.69, 9.17) is 95.7 Å². The van der Waals surface area contributed by atoms with Crippen LogP contribution in [0.15, 0.2) is 97.3 Å². The molecule has 0 fully saturated rings. The summed E-state index contributed by atoms with van der Waals surface area (Å²) < 4.78 is 91.9. The maximum atomic E-state index is 6.43. The van der Waals surface area contributed by atoms with Gasteiger partial charge < -0.3 is 80.8 Å². The smallest absolute Gasteiger partial charge is 0.123 e. The van der Waals surface area contributed by atoms with Crippen LogP contribution in [-0.2, 0) is 56.8 Å². The molecule has 4 heterocycles. The molecule has 8 rings (SSSR count). The summed E-state index contributed by atoms with van der Waals surface area (Å²) in [7, 11) is 6.56. The molecule has 21 heteroatoms. The molecule has 2 aliphatic heterocycles. The lowest BCUT2D eigenvalue weighted by atomic mass is 10.0. The van der Waals surface area contributed by atoms with Gasteiger partial charge in [-0.15, -0.1) is 0 Å². The van der Waals surface area contributed by atoms with Crippen molar-refractivity contribution in [1.82, 2.24) is 24.9 Å².